The van der Waals surface area contributed by atoms with E-state index in [4.69, 9.17) is 0 Å². The van der Waals surface area contributed by atoms with Crippen LogP contribution in [0.25, 0.3) is 0 Å². The lowest BCUT2D eigenvalue weighted by Crippen LogP contribution is -2.36. The summed E-state index contributed by atoms with van der Waals surface area (Å²) in [5, 5.41) is 3.53. The number of nitrogens with zero attached hydrogens (tertiary/aromatic N) is 3. The Bertz CT molecular complexity index is 426. The van der Waals surface area contributed by atoms with Gasteiger partial charge in [-0.1, -0.05) is 0 Å². The summed E-state index contributed by atoms with van der Waals surface area (Å²) in [6.45, 7) is 9.32. The highest BCUT2D eigenvalue weighted by molar-refractivity contribution is 9.10. The fourth-order valence-electron chi connectivity index (χ4n) is 1.76. The molecule has 0 saturated heterocycles. The van der Waals surface area contributed by atoms with E-state index in [1.165, 1.54) is 5.56 Å². The molecular weight excluding hydrogens is 316 g/mol. The SMILES string of the molecule is CN(C)CCN(C)c1ncc(Br)cc1CNC(C)(C)C. The van der Waals surface area contributed by atoms with Crippen LogP contribution in [0.1, 0.15) is 26.3 Å². The van der Waals surface area contributed by atoms with E-state index in [-0.39, 0.29) is 5.54 Å². The van der Waals surface area contributed by atoms with Gasteiger partial charge >= 0.3 is 0 Å². The zero-order valence-electron chi connectivity index (χ0n) is 13.5. The molecule has 114 valence electrons. The Morgan fingerprint density at radius 2 is 1.85 bits per heavy atom. The lowest BCUT2D eigenvalue weighted by molar-refractivity contribution is 0.414. The topological polar surface area (TPSA) is 31.4 Å². The van der Waals surface area contributed by atoms with Crippen LogP contribution >= 0.6 is 15.9 Å². The van der Waals surface area contributed by atoms with E-state index >= 15 is 0 Å². The average molecular weight is 343 g/mol. The van der Waals surface area contributed by atoms with Crippen LogP contribution < -0.4 is 10.2 Å². The maximum absolute atomic E-state index is 4.58. The smallest absolute Gasteiger partial charge is 0.132 e. The number of halogens is 1. The van der Waals surface area contributed by atoms with Gasteiger partial charge in [0.15, 0.2) is 0 Å². The fourth-order valence-corrected chi connectivity index (χ4v) is 2.14. The van der Waals surface area contributed by atoms with Crippen molar-refractivity contribution in [2.45, 2.75) is 32.9 Å². The molecule has 0 saturated carbocycles. The Balaban J connectivity index is 2.83. The molecule has 1 heterocycles. The molecule has 0 bridgehead atoms. The van der Waals surface area contributed by atoms with Crippen LogP contribution in [0.4, 0.5) is 5.82 Å². The Morgan fingerprint density at radius 1 is 1.20 bits per heavy atom. The summed E-state index contributed by atoms with van der Waals surface area (Å²) in [6, 6.07) is 2.15. The van der Waals surface area contributed by atoms with Crippen molar-refractivity contribution in [2.24, 2.45) is 0 Å². The van der Waals surface area contributed by atoms with Crippen molar-refractivity contribution < 1.29 is 0 Å². The van der Waals surface area contributed by atoms with E-state index < -0.39 is 0 Å². The molecule has 1 aromatic heterocycles. The largest absolute Gasteiger partial charge is 0.358 e. The van der Waals surface area contributed by atoms with E-state index in [1.54, 1.807) is 0 Å². The molecule has 0 radical (unpaired) electrons. The predicted octanol–water partition coefficient (Wildman–Crippen LogP) is 2.73. The first kappa shape index (κ1) is 17.4. The minimum absolute atomic E-state index is 0.0990. The lowest BCUT2D eigenvalue weighted by Gasteiger charge is -2.25. The standard InChI is InChI=1S/C15H27BrN4/c1-15(2,3)18-10-12-9-13(16)11-17-14(12)20(6)8-7-19(4)5/h9,11,18H,7-8,10H2,1-6H3. The molecule has 0 spiro atoms. The van der Waals surface area contributed by atoms with Gasteiger partial charge in [0, 0.05) is 48.5 Å². The molecule has 1 N–H and O–H groups in total. The van der Waals surface area contributed by atoms with Crippen LogP contribution in [-0.2, 0) is 6.54 Å². The molecule has 0 aliphatic rings. The Kier molecular flexibility index (Phi) is 6.43. The highest BCUT2D eigenvalue weighted by atomic mass is 79.9. The van der Waals surface area contributed by atoms with Gasteiger partial charge in [0.25, 0.3) is 0 Å². The summed E-state index contributed by atoms with van der Waals surface area (Å²) in [5.41, 5.74) is 1.32. The minimum Gasteiger partial charge on any atom is -0.358 e. The summed E-state index contributed by atoms with van der Waals surface area (Å²) in [7, 11) is 6.27. The van der Waals surface area contributed by atoms with Crippen molar-refractivity contribution in [3.63, 3.8) is 0 Å². The van der Waals surface area contributed by atoms with Gasteiger partial charge in [-0.05, 0) is 56.9 Å². The molecule has 0 fully saturated rings. The maximum Gasteiger partial charge on any atom is 0.132 e. The van der Waals surface area contributed by atoms with Crippen molar-refractivity contribution >= 4 is 21.7 Å². The van der Waals surface area contributed by atoms with E-state index in [0.717, 1.165) is 29.9 Å². The van der Waals surface area contributed by atoms with E-state index in [2.05, 4.69) is 84.0 Å². The third kappa shape index (κ3) is 6.20. The van der Waals surface area contributed by atoms with Crippen LogP contribution in [0, 0.1) is 0 Å². The predicted molar refractivity (Wildman–Crippen MR) is 90.4 cm³/mol. The maximum atomic E-state index is 4.58. The van der Waals surface area contributed by atoms with E-state index in [0.29, 0.717) is 0 Å². The van der Waals surface area contributed by atoms with Crippen LogP contribution in [0.3, 0.4) is 0 Å². The van der Waals surface area contributed by atoms with Gasteiger partial charge in [0.05, 0.1) is 0 Å². The van der Waals surface area contributed by atoms with Gasteiger partial charge in [-0.2, -0.15) is 0 Å². The van der Waals surface area contributed by atoms with Crippen LogP contribution in [-0.4, -0.2) is 49.7 Å². The zero-order valence-corrected chi connectivity index (χ0v) is 15.1. The first-order valence-corrected chi connectivity index (χ1v) is 7.73. The molecule has 0 atom stereocenters. The number of nitrogens with one attached hydrogen (secondary N) is 1. The normalized spacial score (nSPS) is 12.0. The van der Waals surface area contributed by atoms with Crippen LogP contribution in [0.15, 0.2) is 16.7 Å². The lowest BCUT2D eigenvalue weighted by atomic mass is 10.1. The highest BCUT2D eigenvalue weighted by Gasteiger charge is 2.14. The molecule has 0 amide bonds. The van der Waals surface area contributed by atoms with Gasteiger partial charge in [-0.3, -0.25) is 0 Å². The summed E-state index contributed by atoms with van der Waals surface area (Å²) in [6.07, 6.45) is 1.86. The van der Waals surface area contributed by atoms with Gasteiger partial charge in [0.2, 0.25) is 0 Å². The van der Waals surface area contributed by atoms with E-state index in [9.17, 15) is 0 Å². The molecule has 4 nitrogen and oxygen atoms in total. The van der Waals surface area contributed by atoms with Crippen molar-refractivity contribution in [2.75, 3.05) is 39.1 Å². The van der Waals surface area contributed by atoms with Gasteiger partial charge < -0.3 is 15.1 Å². The second-order valence-corrected chi connectivity index (χ2v) is 7.38. The number of pyridine rings is 1. The van der Waals surface area contributed by atoms with Crippen molar-refractivity contribution in [1.82, 2.24) is 15.2 Å². The molecule has 0 unspecified atom stereocenters. The number of hydrogen-bond donors (Lipinski definition) is 1. The van der Waals surface area contributed by atoms with Gasteiger partial charge in [0.1, 0.15) is 5.82 Å². The Labute approximate surface area is 131 Å². The number of aromatic nitrogens is 1. The average Bonchev–Trinajstić information content (AvgIpc) is 2.32. The number of hydrogen-bond acceptors (Lipinski definition) is 4. The van der Waals surface area contributed by atoms with Crippen molar-refractivity contribution in [3.8, 4) is 0 Å². The highest BCUT2D eigenvalue weighted by Crippen LogP contribution is 2.21. The quantitative estimate of drug-likeness (QED) is 0.861. The zero-order chi connectivity index (χ0) is 15.3. The Hall–Kier alpha value is -0.650. The summed E-state index contributed by atoms with van der Waals surface area (Å²) in [5.74, 6) is 1.05. The third-order valence-electron chi connectivity index (χ3n) is 2.96. The number of rotatable bonds is 6. The second-order valence-electron chi connectivity index (χ2n) is 6.46. The summed E-state index contributed by atoms with van der Waals surface area (Å²) >= 11 is 3.51. The van der Waals surface area contributed by atoms with Crippen molar-refractivity contribution in [3.05, 3.63) is 22.3 Å². The van der Waals surface area contributed by atoms with Crippen molar-refractivity contribution in [1.29, 1.82) is 0 Å². The van der Waals surface area contributed by atoms with Gasteiger partial charge in [-0.25, -0.2) is 4.98 Å². The monoisotopic (exact) mass is 342 g/mol. The first-order chi connectivity index (χ1) is 9.19. The molecular formula is C15H27BrN4. The minimum atomic E-state index is 0.0990. The fraction of sp³-hybridized carbons (Fsp3) is 0.667. The van der Waals surface area contributed by atoms with Gasteiger partial charge in [-0.15, -0.1) is 0 Å². The first-order valence-electron chi connectivity index (χ1n) is 6.94. The molecule has 5 heteroatoms. The second kappa shape index (κ2) is 7.38. The van der Waals surface area contributed by atoms with Crippen LogP contribution in [0.5, 0.6) is 0 Å². The summed E-state index contributed by atoms with van der Waals surface area (Å²) in [4.78, 5) is 8.97. The third-order valence-corrected chi connectivity index (χ3v) is 3.40. The molecule has 1 aromatic rings. The molecule has 0 aromatic carbocycles. The molecule has 1 rings (SSSR count). The Morgan fingerprint density at radius 3 is 2.40 bits per heavy atom. The molecule has 0 aliphatic carbocycles. The molecule has 20 heavy (non-hydrogen) atoms. The van der Waals surface area contributed by atoms with E-state index in [1.807, 2.05) is 6.20 Å². The number of likely N-dealkylation sites (N-methyl/N-ethyl adjacent to an activating group) is 2. The summed E-state index contributed by atoms with van der Waals surface area (Å²) < 4.78 is 1.02. The van der Waals surface area contributed by atoms with Crippen LogP contribution in [0.2, 0.25) is 0 Å². The molecule has 0 aliphatic heterocycles. The number of anilines is 1.